The van der Waals surface area contributed by atoms with Gasteiger partial charge in [-0.1, -0.05) is 36.4 Å². The molecule has 0 spiro atoms. The number of phenolic OH excluding ortho intramolecular Hbond substituents is 1. The second-order valence-electron chi connectivity index (χ2n) is 17.5. The normalized spacial score (nSPS) is 11.8. The Morgan fingerprint density at radius 2 is 1.47 bits per heavy atom. The number of aromatic hydroxyl groups is 1. The number of phenols is 1. The predicted octanol–water partition coefficient (Wildman–Crippen LogP) is 3.88. The number of nitrogens with two attached hydrogens (primary N) is 1. The number of nitrogen functional groups attached to an aromatic ring is 1. The van der Waals surface area contributed by atoms with E-state index in [4.69, 9.17) is 15.2 Å². The molecule has 0 saturated heterocycles. The Labute approximate surface area is 429 Å². The summed E-state index contributed by atoms with van der Waals surface area (Å²) in [4.78, 5) is 81.4. The average molecular weight is 1040 g/mol. The van der Waals surface area contributed by atoms with Gasteiger partial charge in [0, 0.05) is 60.6 Å². The molecule has 5 aromatic carbocycles. The number of amides is 3. The third-order valence-electron chi connectivity index (χ3n) is 12.0. The fourth-order valence-corrected chi connectivity index (χ4v) is 8.96. The second-order valence-corrected chi connectivity index (χ2v) is 19.0. The van der Waals surface area contributed by atoms with Gasteiger partial charge in [-0.15, -0.1) is 0 Å². The maximum absolute atomic E-state index is 14.1. The molecule has 0 saturated carbocycles. The molecule has 8 aromatic rings. The summed E-state index contributed by atoms with van der Waals surface area (Å²) in [5, 5.41) is 22.5. The van der Waals surface area contributed by atoms with Crippen LogP contribution >= 0.6 is 0 Å². The molecule has 21 nitrogen and oxygen atoms in total. The number of benzene rings is 5. The van der Waals surface area contributed by atoms with Crippen LogP contribution in [0.1, 0.15) is 59.9 Å². The smallest absolute Gasteiger partial charge is 0.345 e. The summed E-state index contributed by atoms with van der Waals surface area (Å²) in [5.74, 6) is -2.23. The van der Waals surface area contributed by atoms with E-state index in [2.05, 4.69) is 41.2 Å². The highest BCUT2D eigenvalue weighted by molar-refractivity contribution is 7.85. The summed E-state index contributed by atoms with van der Waals surface area (Å²) in [7, 11) is -4.42. The zero-order valence-corrected chi connectivity index (χ0v) is 41.5. The summed E-state index contributed by atoms with van der Waals surface area (Å²) in [6, 6.07) is 29.4. The zero-order chi connectivity index (χ0) is 53.2. The molecule has 22 heteroatoms. The molecule has 3 aromatic heterocycles. The third kappa shape index (κ3) is 13.2. The van der Waals surface area contributed by atoms with Crippen molar-refractivity contribution < 1.29 is 51.3 Å². The van der Waals surface area contributed by atoms with Crippen molar-refractivity contribution in [3.63, 3.8) is 0 Å². The Morgan fingerprint density at radius 3 is 2.12 bits per heavy atom. The Balaban J connectivity index is 0.819. The molecule has 1 atom stereocenters. The molecule has 75 heavy (non-hydrogen) atoms. The number of H-pyrrole nitrogens is 1. The van der Waals surface area contributed by atoms with Gasteiger partial charge in [0.15, 0.2) is 17.7 Å². The molecule has 0 bridgehead atoms. The van der Waals surface area contributed by atoms with Crippen molar-refractivity contribution >= 4 is 78.4 Å². The Hall–Kier alpha value is -8.86. The zero-order valence-electron chi connectivity index (χ0n) is 40.7. The number of rotatable bonds is 21. The third-order valence-corrected chi connectivity index (χ3v) is 12.8. The lowest BCUT2D eigenvalue weighted by Gasteiger charge is -2.19. The number of ether oxygens (including phenoxy) is 2. The first-order chi connectivity index (χ1) is 36.0. The van der Waals surface area contributed by atoms with E-state index in [9.17, 15) is 42.0 Å². The molecule has 8 N–H and O–H groups in total. The molecular formula is C53H52N10O11S. The molecule has 386 valence electrons. The van der Waals surface area contributed by atoms with E-state index in [1.54, 1.807) is 98.8 Å². The number of carbonyl (C=O) groups excluding carboxylic acids is 4. The number of carbonyl (C=O) groups is 4. The van der Waals surface area contributed by atoms with Gasteiger partial charge in [-0.3, -0.25) is 24.2 Å². The summed E-state index contributed by atoms with van der Waals surface area (Å²) < 4.78 is 47.7. The molecule has 0 fully saturated rings. The van der Waals surface area contributed by atoms with Crippen molar-refractivity contribution in [3.8, 4) is 11.5 Å². The SMILES string of the molecule is Cc1cc(C(=O)NCCOCCNC(=O)C(Cc2ccc(O)cc2)NC(=O)c2ccc(NCc3cnc4nc(N)[nH]c(=O)c4n3)cc2)cc(C)c1OC(=O)c1c2ccccc2[n+](CCCS(=O)(=O)[O-])c2ccccc12. The molecule has 0 aliphatic rings. The largest absolute Gasteiger partial charge is 0.748 e. The molecule has 3 heterocycles. The van der Waals surface area contributed by atoms with Crippen LogP contribution in [-0.4, -0.2) is 99.8 Å². The van der Waals surface area contributed by atoms with Crippen LogP contribution in [0, 0.1) is 13.8 Å². The van der Waals surface area contributed by atoms with Crippen LogP contribution in [0.5, 0.6) is 11.5 Å². The fourth-order valence-electron chi connectivity index (χ4n) is 8.48. The molecule has 0 aliphatic heterocycles. The number of fused-ring (bicyclic) bond motifs is 3. The Morgan fingerprint density at radius 1 is 0.827 bits per heavy atom. The maximum Gasteiger partial charge on any atom is 0.345 e. The fraction of sp³-hybridized carbons (Fsp3) is 0.226. The Bertz CT molecular complexity index is 3550. The van der Waals surface area contributed by atoms with Gasteiger partial charge in [-0.25, -0.2) is 23.2 Å². The summed E-state index contributed by atoms with van der Waals surface area (Å²) >= 11 is 0. The summed E-state index contributed by atoms with van der Waals surface area (Å²) in [6.07, 6.45) is 1.68. The highest BCUT2D eigenvalue weighted by atomic mass is 32.2. The number of nitrogens with zero attached hydrogens (tertiary/aromatic N) is 4. The minimum atomic E-state index is -4.42. The van der Waals surface area contributed by atoms with Gasteiger partial charge in [0.25, 0.3) is 17.4 Å². The van der Waals surface area contributed by atoms with Crippen LogP contribution < -0.4 is 41.9 Å². The molecular weight excluding hydrogens is 985 g/mol. The van der Waals surface area contributed by atoms with E-state index in [1.165, 1.54) is 18.3 Å². The lowest BCUT2D eigenvalue weighted by molar-refractivity contribution is -0.645. The number of esters is 1. The Kier molecular flexibility index (Phi) is 16.3. The van der Waals surface area contributed by atoms with Crippen LogP contribution in [0.25, 0.3) is 33.0 Å². The van der Waals surface area contributed by atoms with Gasteiger partial charge < -0.3 is 46.1 Å². The van der Waals surface area contributed by atoms with Gasteiger partial charge in [-0.2, -0.15) is 9.55 Å². The van der Waals surface area contributed by atoms with E-state index in [0.717, 1.165) is 0 Å². The maximum atomic E-state index is 14.1. The first-order valence-electron chi connectivity index (χ1n) is 23.7. The van der Waals surface area contributed by atoms with Crippen molar-refractivity contribution in [2.75, 3.05) is 43.1 Å². The second kappa shape index (κ2) is 23.3. The summed E-state index contributed by atoms with van der Waals surface area (Å²) in [5.41, 5.74) is 10.4. The predicted molar refractivity (Wildman–Crippen MR) is 277 cm³/mol. The van der Waals surface area contributed by atoms with Gasteiger partial charge in [0.05, 0.1) is 58.1 Å². The van der Waals surface area contributed by atoms with Gasteiger partial charge in [0.1, 0.15) is 17.5 Å². The first kappa shape index (κ1) is 52.5. The van der Waals surface area contributed by atoms with Gasteiger partial charge in [0.2, 0.25) is 22.9 Å². The highest BCUT2D eigenvalue weighted by Crippen LogP contribution is 2.30. The molecule has 0 aliphatic carbocycles. The van der Waals surface area contributed by atoms with E-state index in [-0.39, 0.29) is 92.3 Å². The van der Waals surface area contributed by atoms with E-state index < -0.39 is 45.3 Å². The van der Waals surface area contributed by atoms with Crippen LogP contribution in [-0.2, 0) is 39.2 Å². The minimum Gasteiger partial charge on any atom is -0.748 e. The van der Waals surface area contributed by atoms with Gasteiger partial charge >= 0.3 is 5.97 Å². The van der Waals surface area contributed by atoms with Crippen LogP contribution in [0.4, 0.5) is 11.6 Å². The molecule has 3 amide bonds. The van der Waals surface area contributed by atoms with Crippen molar-refractivity contribution in [2.45, 2.75) is 45.8 Å². The van der Waals surface area contributed by atoms with Crippen LogP contribution in [0.3, 0.4) is 0 Å². The van der Waals surface area contributed by atoms with E-state index >= 15 is 0 Å². The number of pyridine rings is 1. The monoisotopic (exact) mass is 1040 g/mol. The lowest BCUT2D eigenvalue weighted by Crippen LogP contribution is -2.48. The van der Waals surface area contributed by atoms with Gasteiger partial charge in [-0.05, 0) is 91.2 Å². The number of anilines is 2. The number of para-hydroxylation sites is 2. The standard InChI is InChI=1S/C53H52N10O11S/c1-31-26-35(27-32(2)46(31)74-52(69)44-39-8-3-5-10-42(39)63(22-7-25-75(70,71)72)43-11-6-4-9-40(43)44)48(65)55-20-23-73-24-21-56-50(67)41(28-33-12-18-38(64)19-13-33)60-49(66)34-14-16-36(17-15-34)57-29-37-30-58-47-45(59-37)51(68)62-53(54)61-47/h3-6,8-19,26-27,30,41H,7,20-25,28-29H2,1-2H3,(H8-,54,55,56,57,58,60,61,62,64,65,66,67,68,70,71,72). The molecule has 1 unspecified atom stereocenters. The quantitative estimate of drug-likeness (QED) is 0.0134. The topological polar surface area (TPSA) is 314 Å². The van der Waals surface area contributed by atoms with Crippen molar-refractivity contribution in [1.29, 1.82) is 0 Å². The van der Waals surface area contributed by atoms with Crippen LogP contribution in [0.2, 0.25) is 0 Å². The number of aromatic nitrogens is 5. The summed E-state index contributed by atoms with van der Waals surface area (Å²) in [6.45, 7) is 4.35. The average Bonchev–Trinajstić information content (AvgIpc) is 3.39. The van der Waals surface area contributed by atoms with Crippen molar-refractivity contribution in [1.82, 2.24) is 35.9 Å². The van der Waals surface area contributed by atoms with Crippen molar-refractivity contribution in [2.24, 2.45) is 0 Å². The van der Waals surface area contributed by atoms with Crippen molar-refractivity contribution in [3.05, 3.63) is 165 Å². The number of nitrogens with one attached hydrogen (secondary N) is 5. The minimum absolute atomic E-state index is 0.0494. The molecule has 8 rings (SSSR count). The number of hydrogen-bond acceptors (Lipinski definition) is 16. The number of aryl methyl sites for hydroxylation is 3. The lowest BCUT2D eigenvalue weighted by atomic mass is 10.0. The van der Waals surface area contributed by atoms with E-state index in [1.807, 2.05) is 16.7 Å². The molecule has 0 radical (unpaired) electrons. The number of hydrogen-bond donors (Lipinski definition) is 7. The number of aromatic amines is 1. The van der Waals surface area contributed by atoms with E-state index in [0.29, 0.717) is 61.0 Å². The first-order valence-corrected chi connectivity index (χ1v) is 25.3. The van der Waals surface area contributed by atoms with Crippen LogP contribution in [0.15, 0.2) is 120 Å². The highest BCUT2D eigenvalue weighted by Gasteiger charge is 2.27.